The molecule has 1 heterocycles. The summed E-state index contributed by atoms with van der Waals surface area (Å²) in [6.45, 7) is 2.12. The van der Waals surface area contributed by atoms with Crippen LogP contribution in [-0.2, 0) is 11.2 Å². The summed E-state index contributed by atoms with van der Waals surface area (Å²) in [5.74, 6) is 1.53. The third-order valence-electron chi connectivity index (χ3n) is 5.11. The molecule has 0 atom stereocenters. The lowest BCUT2D eigenvalue weighted by Gasteiger charge is -2.35. The highest BCUT2D eigenvalue weighted by molar-refractivity contribution is 6.30. The maximum atomic E-state index is 12.6. The van der Waals surface area contributed by atoms with E-state index >= 15 is 0 Å². The third-order valence-corrected chi connectivity index (χ3v) is 5.36. The molecule has 1 fully saturated rings. The molecule has 0 saturated carbocycles. The zero-order chi connectivity index (χ0) is 20.8. The van der Waals surface area contributed by atoms with Crippen molar-refractivity contribution in [2.24, 2.45) is 0 Å². The number of benzene rings is 2. The average molecular weight is 417 g/mol. The molecule has 7 heteroatoms. The molecule has 0 spiro atoms. The van der Waals surface area contributed by atoms with Crippen molar-refractivity contribution in [1.29, 1.82) is 0 Å². The fraction of sp³-hybridized carbons (Fsp3) is 0.364. The zero-order valence-corrected chi connectivity index (χ0v) is 17.4. The molecule has 1 aliphatic heterocycles. The van der Waals surface area contributed by atoms with Crippen LogP contribution in [0.2, 0.25) is 5.02 Å². The lowest BCUT2D eigenvalue weighted by Crippen LogP contribution is -2.50. The molecule has 2 amide bonds. The van der Waals surface area contributed by atoms with Crippen molar-refractivity contribution in [3.05, 3.63) is 58.6 Å². The second-order valence-electron chi connectivity index (χ2n) is 6.86. The SMILES string of the molecule is COc1ccc(OC)c(CCC(=O)N2CCN(C(=O)c3ccc(Cl)cc3)CC2)c1. The van der Waals surface area contributed by atoms with Crippen molar-refractivity contribution in [1.82, 2.24) is 9.80 Å². The maximum Gasteiger partial charge on any atom is 0.253 e. The molecule has 0 bridgehead atoms. The molecular formula is C22H25ClN2O4. The number of carbonyl (C=O) groups is 2. The number of aryl methyl sites for hydroxylation is 1. The van der Waals surface area contributed by atoms with Gasteiger partial charge in [0.05, 0.1) is 14.2 Å². The van der Waals surface area contributed by atoms with Gasteiger partial charge in [0.15, 0.2) is 0 Å². The predicted molar refractivity (Wildman–Crippen MR) is 112 cm³/mol. The Morgan fingerprint density at radius 3 is 2.21 bits per heavy atom. The van der Waals surface area contributed by atoms with Crippen LogP contribution >= 0.6 is 11.6 Å². The molecule has 29 heavy (non-hydrogen) atoms. The summed E-state index contributed by atoms with van der Waals surface area (Å²) in [4.78, 5) is 28.8. The number of hydrogen-bond acceptors (Lipinski definition) is 4. The average Bonchev–Trinajstić information content (AvgIpc) is 2.77. The van der Waals surface area contributed by atoms with Gasteiger partial charge in [0.2, 0.25) is 5.91 Å². The van der Waals surface area contributed by atoms with Crippen molar-refractivity contribution in [2.75, 3.05) is 40.4 Å². The molecule has 0 N–H and O–H groups in total. The van der Waals surface area contributed by atoms with Crippen molar-refractivity contribution in [2.45, 2.75) is 12.8 Å². The van der Waals surface area contributed by atoms with Crippen LogP contribution in [0.15, 0.2) is 42.5 Å². The molecule has 2 aromatic rings. The molecule has 1 saturated heterocycles. The number of piperazine rings is 1. The van der Waals surface area contributed by atoms with E-state index in [4.69, 9.17) is 21.1 Å². The van der Waals surface area contributed by atoms with Crippen LogP contribution in [0.3, 0.4) is 0 Å². The van der Waals surface area contributed by atoms with Crippen molar-refractivity contribution in [3.63, 3.8) is 0 Å². The molecule has 0 radical (unpaired) electrons. The van der Waals surface area contributed by atoms with Gasteiger partial charge in [-0.3, -0.25) is 9.59 Å². The molecule has 6 nitrogen and oxygen atoms in total. The van der Waals surface area contributed by atoms with Crippen LogP contribution in [0.4, 0.5) is 0 Å². The van der Waals surface area contributed by atoms with E-state index in [0.717, 1.165) is 17.1 Å². The first-order valence-electron chi connectivity index (χ1n) is 9.55. The fourth-order valence-electron chi connectivity index (χ4n) is 3.41. The molecule has 1 aliphatic rings. The second-order valence-corrected chi connectivity index (χ2v) is 7.29. The lowest BCUT2D eigenvalue weighted by atomic mass is 10.1. The van der Waals surface area contributed by atoms with E-state index in [-0.39, 0.29) is 11.8 Å². The van der Waals surface area contributed by atoms with E-state index < -0.39 is 0 Å². The van der Waals surface area contributed by atoms with Gasteiger partial charge in [0.25, 0.3) is 5.91 Å². The van der Waals surface area contributed by atoms with Gasteiger partial charge in [-0.05, 0) is 54.4 Å². The van der Waals surface area contributed by atoms with Gasteiger partial charge in [0.1, 0.15) is 11.5 Å². The van der Waals surface area contributed by atoms with Gasteiger partial charge >= 0.3 is 0 Å². The highest BCUT2D eigenvalue weighted by Gasteiger charge is 2.24. The van der Waals surface area contributed by atoms with Gasteiger partial charge in [-0.15, -0.1) is 0 Å². The van der Waals surface area contributed by atoms with Gasteiger partial charge in [-0.1, -0.05) is 11.6 Å². The molecular weight excluding hydrogens is 392 g/mol. The van der Waals surface area contributed by atoms with E-state index in [2.05, 4.69) is 0 Å². The Morgan fingerprint density at radius 1 is 0.931 bits per heavy atom. The van der Waals surface area contributed by atoms with Gasteiger partial charge in [0, 0.05) is 43.2 Å². The van der Waals surface area contributed by atoms with Gasteiger partial charge < -0.3 is 19.3 Å². The molecule has 3 rings (SSSR count). The second kappa shape index (κ2) is 9.65. The summed E-state index contributed by atoms with van der Waals surface area (Å²) in [7, 11) is 3.23. The Kier molecular flexibility index (Phi) is 6.99. The summed E-state index contributed by atoms with van der Waals surface area (Å²) in [5, 5.41) is 0.602. The number of ether oxygens (including phenoxy) is 2. The summed E-state index contributed by atoms with van der Waals surface area (Å²) in [6.07, 6.45) is 0.956. The molecule has 2 aromatic carbocycles. The largest absolute Gasteiger partial charge is 0.497 e. The van der Waals surface area contributed by atoms with Crippen LogP contribution < -0.4 is 9.47 Å². The number of rotatable bonds is 6. The lowest BCUT2D eigenvalue weighted by molar-refractivity contribution is -0.132. The molecule has 0 aliphatic carbocycles. The van der Waals surface area contributed by atoms with Crippen LogP contribution in [0.5, 0.6) is 11.5 Å². The molecule has 154 valence electrons. The Labute approximate surface area is 176 Å². The Hall–Kier alpha value is -2.73. The van der Waals surface area contributed by atoms with Gasteiger partial charge in [-0.25, -0.2) is 0 Å². The van der Waals surface area contributed by atoms with Crippen molar-refractivity contribution in [3.8, 4) is 11.5 Å². The van der Waals surface area contributed by atoms with E-state index in [9.17, 15) is 9.59 Å². The van der Waals surface area contributed by atoms with Crippen LogP contribution in [0, 0.1) is 0 Å². The number of amides is 2. The minimum Gasteiger partial charge on any atom is -0.497 e. The third kappa shape index (κ3) is 5.21. The highest BCUT2D eigenvalue weighted by atomic mass is 35.5. The summed E-state index contributed by atoms with van der Waals surface area (Å²) in [5.41, 5.74) is 1.55. The number of carbonyl (C=O) groups excluding carboxylic acids is 2. The number of halogens is 1. The Morgan fingerprint density at radius 2 is 1.59 bits per heavy atom. The molecule has 0 aromatic heterocycles. The Balaban J connectivity index is 1.52. The number of nitrogens with zero attached hydrogens (tertiary/aromatic N) is 2. The van der Waals surface area contributed by atoms with Crippen molar-refractivity contribution >= 4 is 23.4 Å². The van der Waals surface area contributed by atoms with Crippen LogP contribution in [0.25, 0.3) is 0 Å². The van der Waals surface area contributed by atoms with Crippen molar-refractivity contribution < 1.29 is 19.1 Å². The predicted octanol–water partition coefficient (Wildman–Crippen LogP) is 3.27. The minimum absolute atomic E-state index is 0.0325. The fourth-order valence-corrected chi connectivity index (χ4v) is 3.54. The van der Waals surface area contributed by atoms with Crippen LogP contribution in [-0.4, -0.2) is 62.0 Å². The number of hydrogen-bond donors (Lipinski definition) is 0. The summed E-state index contributed by atoms with van der Waals surface area (Å²) >= 11 is 5.88. The normalized spacial score (nSPS) is 13.9. The van der Waals surface area contributed by atoms with Crippen LogP contribution in [0.1, 0.15) is 22.3 Å². The van der Waals surface area contributed by atoms with E-state index in [1.165, 1.54) is 0 Å². The molecule has 0 unspecified atom stereocenters. The zero-order valence-electron chi connectivity index (χ0n) is 16.7. The first kappa shape index (κ1) is 21.0. The van der Waals surface area contributed by atoms with Gasteiger partial charge in [-0.2, -0.15) is 0 Å². The highest BCUT2D eigenvalue weighted by Crippen LogP contribution is 2.25. The minimum atomic E-state index is -0.0325. The monoisotopic (exact) mass is 416 g/mol. The first-order valence-corrected chi connectivity index (χ1v) is 9.93. The maximum absolute atomic E-state index is 12.6. The van der Waals surface area contributed by atoms with E-state index in [0.29, 0.717) is 49.6 Å². The Bertz CT molecular complexity index is 862. The topological polar surface area (TPSA) is 59.1 Å². The van der Waals surface area contributed by atoms with E-state index in [1.54, 1.807) is 43.4 Å². The number of methoxy groups -OCH3 is 2. The standard InChI is InChI=1S/C22H25ClN2O4/c1-28-19-8-9-20(29-2)17(15-19)5-10-21(26)24-11-13-25(14-12-24)22(27)16-3-6-18(23)7-4-16/h3-4,6-9,15H,5,10-14H2,1-2H3. The first-order chi connectivity index (χ1) is 14.0. The smallest absolute Gasteiger partial charge is 0.253 e. The quantitative estimate of drug-likeness (QED) is 0.725. The summed E-state index contributed by atoms with van der Waals surface area (Å²) < 4.78 is 10.6. The summed E-state index contributed by atoms with van der Waals surface area (Å²) in [6, 6.07) is 12.5. The van der Waals surface area contributed by atoms with E-state index in [1.807, 2.05) is 23.1 Å².